The van der Waals surface area contributed by atoms with Gasteiger partial charge >= 0.3 is 5.97 Å². The molecule has 0 aliphatic carbocycles. The number of hydrogen-bond acceptors (Lipinski definition) is 5. The van der Waals surface area contributed by atoms with Gasteiger partial charge in [0.05, 0.1) is 18.3 Å². The molecule has 0 bridgehead atoms. The smallest absolute Gasteiger partial charge is 0.335 e. The van der Waals surface area contributed by atoms with Crippen LogP contribution in [-0.4, -0.2) is 47.5 Å². The maximum Gasteiger partial charge on any atom is 0.335 e. The first kappa shape index (κ1) is 12.4. The van der Waals surface area contributed by atoms with Gasteiger partial charge in [0.2, 0.25) is 0 Å². The quantitative estimate of drug-likeness (QED) is 0.641. The molecule has 0 saturated heterocycles. The maximum absolute atomic E-state index is 10.7. The molecule has 3 N–H and O–H groups in total. The van der Waals surface area contributed by atoms with Crippen LogP contribution in [0.1, 0.15) is 10.4 Å². The first-order valence-corrected chi connectivity index (χ1v) is 4.73. The number of methoxy groups -OCH3 is 1. The molecule has 0 aliphatic heterocycles. The number of hydrogen-bond donors (Lipinski definition) is 3. The van der Waals surface area contributed by atoms with Crippen LogP contribution in [0.4, 0.5) is 5.82 Å². The van der Waals surface area contributed by atoms with Crippen molar-refractivity contribution in [3.8, 4) is 0 Å². The van der Waals surface area contributed by atoms with Crippen molar-refractivity contribution in [2.75, 3.05) is 25.6 Å². The Morgan fingerprint density at radius 1 is 1.69 bits per heavy atom. The summed E-state index contributed by atoms with van der Waals surface area (Å²) < 4.78 is 4.75. The lowest BCUT2D eigenvalue weighted by atomic mass is 10.2. The van der Waals surface area contributed by atoms with E-state index < -0.39 is 12.1 Å². The molecule has 1 heterocycles. The lowest BCUT2D eigenvalue weighted by molar-refractivity contribution is 0.0697. The van der Waals surface area contributed by atoms with Gasteiger partial charge in [0.1, 0.15) is 5.82 Å². The van der Waals surface area contributed by atoms with Crippen molar-refractivity contribution in [1.29, 1.82) is 0 Å². The van der Waals surface area contributed by atoms with E-state index >= 15 is 0 Å². The number of pyridine rings is 1. The van der Waals surface area contributed by atoms with Crippen LogP contribution >= 0.6 is 0 Å². The Hall–Kier alpha value is -1.66. The number of aliphatic hydroxyl groups excluding tert-OH is 1. The molecule has 88 valence electrons. The fourth-order valence-electron chi connectivity index (χ4n) is 1.13. The number of carboxylic acids is 1. The molecular formula is C10H14N2O4. The molecule has 0 amide bonds. The molecule has 6 heteroatoms. The number of aliphatic hydroxyl groups is 1. The fraction of sp³-hybridized carbons (Fsp3) is 0.400. The van der Waals surface area contributed by atoms with E-state index in [-0.39, 0.29) is 18.7 Å². The Balaban J connectivity index is 2.54. The third kappa shape index (κ3) is 3.84. The van der Waals surface area contributed by atoms with E-state index in [1.165, 1.54) is 25.4 Å². The lowest BCUT2D eigenvalue weighted by Crippen LogP contribution is -2.24. The summed E-state index contributed by atoms with van der Waals surface area (Å²) in [6.07, 6.45) is 0.745. The molecule has 0 fully saturated rings. The summed E-state index contributed by atoms with van der Waals surface area (Å²) in [6.45, 7) is 0.468. The largest absolute Gasteiger partial charge is 0.478 e. The summed E-state index contributed by atoms with van der Waals surface area (Å²) in [6, 6.07) is 2.81. The standard InChI is InChI=1S/C10H14N2O4/c1-16-6-8(13)5-12-9-4-7(10(14)15)2-3-11-9/h2-4,8,13H,5-6H2,1H3,(H,11,12)(H,14,15). The molecule has 1 rings (SSSR count). The number of carbonyl (C=O) groups is 1. The number of rotatable bonds is 6. The first-order chi connectivity index (χ1) is 7.63. The van der Waals surface area contributed by atoms with Crippen LogP contribution in [0.2, 0.25) is 0 Å². The van der Waals surface area contributed by atoms with Crippen LogP contribution in [0.3, 0.4) is 0 Å². The van der Waals surface area contributed by atoms with Gasteiger partial charge < -0.3 is 20.3 Å². The Morgan fingerprint density at radius 2 is 2.44 bits per heavy atom. The van der Waals surface area contributed by atoms with Crippen molar-refractivity contribution >= 4 is 11.8 Å². The summed E-state index contributed by atoms with van der Waals surface area (Å²) in [5.41, 5.74) is 0.152. The molecule has 6 nitrogen and oxygen atoms in total. The van der Waals surface area contributed by atoms with Crippen LogP contribution in [0.25, 0.3) is 0 Å². The molecule has 1 aromatic heterocycles. The van der Waals surface area contributed by atoms with Gasteiger partial charge in [-0.25, -0.2) is 9.78 Å². The van der Waals surface area contributed by atoms with E-state index in [9.17, 15) is 9.90 Å². The predicted molar refractivity (Wildman–Crippen MR) is 57.6 cm³/mol. The Kier molecular flexibility index (Phi) is 4.68. The maximum atomic E-state index is 10.7. The van der Waals surface area contributed by atoms with Gasteiger partial charge in [-0.1, -0.05) is 0 Å². The van der Waals surface area contributed by atoms with Crippen LogP contribution in [0.15, 0.2) is 18.3 Å². The van der Waals surface area contributed by atoms with E-state index in [2.05, 4.69) is 10.3 Å². The third-order valence-corrected chi connectivity index (χ3v) is 1.88. The highest BCUT2D eigenvalue weighted by Gasteiger charge is 2.06. The number of anilines is 1. The zero-order chi connectivity index (χ0) is 12.0. The zero-order valence-corrected chi connectivity index (χ0v) is 8.88. The minimum absolute atomic E-state index is 0.152. The number of carboxylic acid groups (broad SMARTS) is 1. The first-order valence-electron chi connectivity index (χ1n) is 4.73. The molecule has 0 spiro atoms. The zero-order valence-electron chi connectivity index (χ0n) is 8.88. The average Bonchev–Trinajstić information content (AvgIpc) is 2.27. The lowest BCUT2D eigenvalue weighted by Gasteiger charge is -2.11. The topological polar surface area (TPSA) is 91.7 Å². The minimum Gasteiger partial charge on any atom is -0.478 e. The molecule has 16 heavy (non-hydrogen) atoms. The Labute approximate surface area is 92.9 Å². The van der Waals surface area contributed by atoms with Crippen molar-refractivity contribution in [3.63, 3.8) is 0 Å². The number of aromatic carboxylic acids is 1. The van der Waals surface area contributed by atoms with Gasteiger partial charge in [0.15, 0.2) is 0 Å². The molecule has 1 unspecified atom stereocenters. The number of nitrogens with zero attached hydrogens (tertiary/aromatic N) is 1. The third-order valence-electron chi connectivity index (χ3n) is 1.88. The highest BCUT2D eigenvalue weighted by Crippen LogP contribution is 2.06. The predicted octanol–water partition coefficient (Wildman–Crippen LogP) is 0.199. The Bertz CT molecular complexity index is 356. The molecular weight excluding hydrogens is 212 g/mol. The summed E-state index contributed by atoms with van der Waals surface area (Å²) in [5, 5.41) is 20.9. The Morgan fingerprint density at radius 3 is 3.06 bits per heavy atom. The molecule has 0 radical (unpaired) electrons. The van der Waals surface area contributed by atoms with Gasteiger partial charge in [-0.15, -0.1) is 0 Å². The van der Waals surface area contributed by atoms with Crippen LogP contribution in [0.5, 0.6) is 0 Å². The fourth-order valence-corrected chi connectivity index (χ4v) is 1.13. The van der Waals surface area contributed by atoms with E-state index in [1.54, 1.807) is 0 Å². The SMILES string of the molecule is COCC(O)CNc1cc(C(=O)O)ccn1. The van der Waals surface area contributed by atoms with E-state index in [1.807, 2.05) is 0 Å². The van der Waals surface area contributed by atoms with Crippen molar-refractivity contribution in [1.82, 2.24) is 4.98 Å². The van der Waals surface area contributed by atoms with Gasteiger partial charge in [-0.3, -0.25) is 0 Å². The van der Waals surface area contributed by atoms with Crippen molar-refractivity contribution in [3.05, 3.63) is 23.9 Å². The molecule has 0 aromatic carbocycles. The number of aromatic nitrogens is 1. The van der Waals surface area contributed by atoms with Crippen LogP contribution in [0, 0.1) is 0 Å². The molecule has 0 saturated carbocycles. The van der Waals surface area contributed by atoms with Crippen molar-refractivity contribution in [2.45, 2.75) is 6.10 Å². The molecule has 0 aliphatic rings. The highest BCUT2D eigenvalue weighted by molar-refractivity contribution is 5.88. The van der Waals surface area contributed by atoms with Gasteiger partial charge in [0.25, 0.3) is 0 Å². The van der Waals surface area contributed by atoms with Gasteiger partial charge in [-0.2, -0.15) is 0 Å². The molecule has 1 atom stereocenters. The normalized spacial score (nSPS) is 12.1. The average molecular weight is 226 g/mol. The number of ether oxygens (including phenoxy) is 1. The van der Waals surface area contributed by atoms with E-state index in [0.717, 1.165) is 0 Å². The summed E-state index contributed by atoms with van der Waals surface area (Å²) in [5.74, 6) is -0.599. The van der Waals surface area contributed by atoms with E-state index in [4.69, 9.17) is 9.84 Å². The van der Waals surface area contributed by atoms with Crippen LogP contribution in [-0.2, 0) is 4.74 Å². The summed E-state index contributed by atoms with van der Waals surface area (Å²) >= 11 is 0. The highest BCUT2D eigenvalue weighted by atomic mass is 16.5. The second-order valence-corrected chi connectivity index (χ2v) is 3.22. The monoisotopic (exact) mass is 226 g/mol. The number of nitrogens with one attached hydrogen (secondary N) is 1. The summed E-state index contributed by atoms with van der Waals surface area (Å²) in [7, 11) is 1.49. The van der Waals surface area contributed by atoms with Gasteiger partial charge in [-0.05, 0) is 12.1 Å². The minimum atomic E-state index is -1.01. The molecule has 1 aromatic rings. The van der Waals surface area contributed by atoms with Crippen LogP contribution < -0.4 is 5.32 Å². The van der Waals surface area contributed by atoms with Crippen molar-refractivity contribution < 1.29 is 19.7 Å². The second kappa shape index (κ2) is 6.04. The second-order valence-electron chi connectivity index (χ2n) is 3.22. The summed E-state index contributed by atoms with van der Waals surface area (Å²) in [4.78, 5) is 14.6. The van der Waals surface area contributed by atoms with Crippen molar-refractivity contribution in [2.24, 2.45) is 0 Å². The van der Waals surface area contributed by atoms with E-state index in [0.29, 0.717) is 5.82 Å². The van der Waals surface area contributed by atoms with Gasteiger partial charge in [0, 0.05) is 19.9 Å².